The molecule has 2 rings (SSSR count). The first-order valence-electron chi connectivity index (χ1n) is 6.92. The number of hydrogen-bond acceptors (Lipinski definition) is 5. The summed E-state index contributed by atoms with van der Waals surface area (Å²) in [6.07, 6.45) is 5.11. The third-order valence-electron chi connectivity index (χ3n) is 3.45. The van der Waals surface area contributed by atoms with E-state index in [1.807, 2.05) is 0 Å². The molecule has 1 aromatic rings. The Kier molecular flexibility index (Phi) is 4.52. The van der Waals surface area contributed by atoms with Gasteiger partial charge in [-0.15, -0.1) is 0 Å². The SMILES string of the molecule is CCCc1noc(CCC(=O)NCC2(O)CCC2)n1. The maximum atomic E-state index is 11.6. The average molecular weight is 267 g/mol. The van der Waals surface area contributed by atoms with Crippen molar-refractivity contribution in [2.75, 3.05) is 6.54 Å². The second-order valence-electron chi connectivity index (χ2n) is 5.21. The topological polar surface area (TPSA) is 88.2 Å². The number of amides is 1. The van der Waals surface area contributed by atoms with Gasteiger partial charge in [0.1, 0.15) is 0 Å². The molecule has 1 fully saturated rings. The van der Waals surface area contributed by atoms with Gasteiger partial charge in [-0.2, -0.15) is 4.98 Å². The van der Waals surface area contributed by atoms with Gasteiger partial charge in [-0.25, -0.2) is 0 Å². The molecule has 0 saturated heterocycles. The van der Waals surface area contributed by atoms with Gasteiger partial charge in [-0.3, -0.25) is 4.79 Å². The highest BCUT2D eigenvalue weighted by Gasteiger charge is 2.34. The second kappa shape index (κ2) is 6.14. The Labute approximate surface area is 112 Å². The van der Waals surface area contributed by atoms with Crippen LogP contribution in [0.3, 0.4) is 0 Å². The molecule has 0 radical (unpaired) electrons. The lowest BCUT2D eigenvalue weighted by atomic mass is 9.80. The predicted octanol–water partition coefficient (Wildman–Crippen LogP) is 0.986. The molecule has 106 valence electrons. The number of carbonyl (C=O) groups is 1. The molecule has 0 aliphatic heterocycles. The molecule has 1 aromatic heterocycles. The predicted molar refractivity (Wildman–Crippen MR) is 68.4 cm³/mol. The molecule has 1 aliphatic rings. The fraction of sp³-hybridized carbons (Fsp3) is 0.769. The van der Waals surface area contributed by atoms with E-state index in [1.165, 1.54) is 0 Å². The fourth-order valence-corrected chi connectivity index (χ4v) is 2.05. The number of nitrogens with zero attached hydrogens (tertiary/aromatic N) is 2. The Morgan fingerprint density at radius 2 is 2.26 bits per heavy atom. The molecule has 1 saturated carbocycles. The van der Waals surface area contributed by atoms with Gasteiger partial charge in [0.05, 0.1) is 5.60 Å². The minimum atomic E-state index is -0.672. The largest absolute Gasteiger partial charge is 0.388 e. The van der Waals surface area contributed by atoms with Crippen molar-refractivity contribution in [1.82, 2.24) is 15.5 Å². The molecule has 0 atom stereocenters. The van der Waals surface area contributed by atoms with Gasteiger partial charge in [-0.05, 0) is 25.7 Å². The van der Waals surface area contributed by atoms with Crippen LogP contribution in [0.15, 0.2) is 4.52 Å². The number of aryl methyl sites for hydroxylation is 2. The summed E-state index contributed by atoms with van der Waals surface area (Å²) in [5, 5.41) is 16.4. The fourth-order valence-electron chi connectivity index (χ4n) is 2.05. The van der Waals surface area contributed by atoms with Gasteiger partial charge >= 0.3 is 0 Å². The number of nitrogens with one attached hydrogen (secondary N) is 1. The third kappa shape index (κ3) is 4.02. The molecule has 2 N–H and O–H groups in total. The first kappa shape index (κ1) is 14.0. The van der Waals surface area contributed by atoms with Crippen molar-refractivity contribution < 1.29 is 14.4 Å². The van der Waals surface area contributed by atoms with Crippen LogP contribution in [-0.4, -0.2) is 33.3 Å². The van der Waals surface area contributed by atoms with Crippen molar-refractivity contribution in [2.24, 2.45) is 0 Å². The summed E-state index contributed by atoms with van der Waals surface area (Å²) >= 11 is 0. The Balaban J connectivity index is 1.67. The minimum absolute atomic E-state index is 0.0874. The molecular weight excluding hydrogens is 246 g/mol. The minimum Gasteiger partial charge on any atom is -0.388 e. The summed E-state index contributed by atoms with van der Waals surface area (Å²) in [5.41, 5.74) is -0.672. The van der Waals surface area contributed by atoms with Gasteiger partial charge in [0.15, 0.2) is 5.82 Å². The van der Waals surface area contributed by atoms with E-state index in [2.05, 4.69) is 22.4 Å². The van der Waals surface area contributed by atoms with E-state index in [4.69, 9.17) is 4.52 Å². The van der Waals surface area contributed by atoms with Crippen molar-refractivity contribution in [3.63, 3.8) is 0 Å². The maximum absolute atomic E-state index is 11.6. The third-order valence-corrected chi connectivity index (χ3v) is 3.45. The molecule has 1 aliphatic carbocycles. The highest BCUT2D eigenvalue weighted by atomic mass is 16.5. The first-order chi connectivity index (χ1) is 9.11. The van der Waals surface area contributed by atoms with E-state index in [0.717, 1.165) is 32.1 Å². The van der Waals surface area contributed by atoms with Crippen LogP contribution in [0, 0.1) is 0 Å². The number of carbonyl (C=O) groups excluding carboxylic acids is 1. The number of hydrogen-bond donors (Lipinski definition) is 2. The summed E-state index contributed by atoms with van der Waals surface area (Å²) in [5.74, 6) is 1.11. The Morgan fingerprint density at radius 1 is 1.47 bits per heavy atom. The highest BCUT2D eigenvalue weighted by molar-refractivity contribution is 5.76. The highest BCUT2D eigenvalue weighted by Crippen LogP contribution is 2.30. The van der Waals surface area contributed by atoms with E-state index >= 15 is 0 Å². The lowest BCUT2D eigenvalue weighted by Crippen LogP contribution is -2.47. The summed E-state index contributed by atoms with van der Waals surface area (Å²) in [6.45, 7) is 2.39. The lowest BCUT2D eigenvalue weighted by Gasteiger charge is -2.36. The maximum Gasteiger partial charge on any atom is 0.227 e. The summed E-state index contributed by atoms with van der Waals surface area (Å²) < 4.78 is 5.05. The van der Waals surface area contributed by atoms with Crippen LogP contribution in [0.4, 0.5) is 0 Å². The van der Waals surface area contributed by atoms with Gasteiger partial charge in [0.2, 0.25) is 11.8 Å². The molecule has 0 unspecified atom stereocenters. The standard InChI is InChI=1S/C13H21N3O3/c1-2-4-10-15-12(19-16-10)6-5-11(17)14-9-13(18)7-3-8-13/h18H,2-9H2,1H3,(H,14,17). The Hall–Kier alpha value is -1.43. The molecular formula is C13H21N3O3. The van der Waals surface area contributed by atoms with Crippen molar-refractivity contribution in [2.45, 2.75) is 57.5 Å². The Bertz CT molecular complexity index is 427. The normalized spacial score (nSPS) is 16.9. The van der Waals surface area contributed by atoms with Crippen LogP contribution in [0.2, 0.25) is 0 Å². The molecule has 6 nitrogen and oxygen atoms in total. The molecule has 0 bridgehead atoms. The monoisotopic (exact) mass is 267 g/mol. The second-order valence-corrected chi connectivity index (χ2v) is 5.21. The molecule has 6 heteroatoms. The van der Waals surface area contributed by atoms with Crippen LogP contribution in [0.25, 0.3) is 0 Å². The average Bonchev–Trinajstić information content (AvgIpc) is 2.80. The van der Waals surface area contributed by atoms with Gasteiger partial charge < -0.3 is 14.9 Å². The first-order valence-corrected chi connectivity index (χ1v) is 6.92. The van der Waals surface area contributed by atoms with E-state index in [-0.39, 0.29) is 5.91 Å². The zero-order valence-corrected chi connectivity index (χ0v) is 11.3. The van der Waals surface area contributed by atoms with Gasteiger partial charge in [0, 0.05) is 25.8 Å². The molecule has 0 spiro atoms. The van der Waals surface area contributed by atoms with Crippen molar-refractivity contribution >= 4 is 5.91 Å². The summed E-state index contributed by atoms with van der Waals surface area (Å²) in [4.78, 5) is 15.8. The van der Waals surface area contributed by atoms with Gasteiger partial charge in [-0.1, -0.05) is 12.1 Å². The van der Waals surface area contributed by atoms with Crippen LogP contribution in [0.5, 0.6) is 0 Å². The molecule has 1 heterocycles. The molecule has 1 amide bonds. The molecule has 0 aromatic carbocycles. The van der Waals surface area contributed by atoms with Crippen molar-refractivity contribution in [1.29, 1.82) is 0 Å². The van der Waals surface area contributed by atoms with Crippen LogP contribution < -0.4 is 5.32 Å². The zero-order valence-electron chi connectivity index (χ0n) is 11.3. The smallest absolute Gasteiger partial charge is 0.227 e. The van der Waals surface area contributed by atoms with E-state index in [9.17, 15) is 9.90 Å². The number of aliphatic hydroxyl groups is 1. The molecule has 19 heavy (non-hydrogen) atoms. The van der Waals surface area contributed by atoms with Crippen LogP contribution in [-0.2, 0) is 17.6 Å². The van der Waals surface area contributed by atoms with E-state index in [0.29, 0.717) is 31.1 Å². The van der Waals surface area contributed by atoms with Crippen LogP contribution in [0.1, 0.15) is 50.7 Å². The summed E-state index contributed by atoms with van der Waals surface area (Å²) in [7, 11) is 0. The summed E-state index contributed by atoms with van der Waals surface area (Å²) in [6, 6.07) is 0. The number of rotatable bonds is 7. The lowest BCUT2D eigenvalue weighted by molar-refractivity contribution is -0.123. The van der Waals surface area contributed by atoms with Gasteiger partial charge in [0.25, 0.3) is 0 Å². The zero-order chi connectivity index (χ0) is 13.7. The van der Waals surface area contributed by atoms with Crippen LogP contribution >= 0.6 is 0 Å². The van der Waals surface area contributed by atoms with Crippen molar-refractivity contribution in [3.05, 3.63) is 11.7 Å². The van der Waals surface area contributed by atoms with E-state index < -0.39 is 5.60 Å². The quantitative estimate of drug-likeness (QED) is 0.769. The van der Waals surface area contributed by atoms with E-state index in [1.54, 1.807) is 0 Å². The number of aromatic nitrogens is 2. The van der Waals surface area contributed by atoms with Crippen molar-refractivity contribution in [3.8, 4) is 0 Å². The Morgan fingerprint density at radius 3 is 2.89 bits per heavy atom.